The number of nitrogens with zero attached hydrogens (tertiary/aromatic N) is 1. The molecule has 2 amide bonds. The molecule has 2 aliphatic carbocycles. The van der Waals surface area contributed by atoms with Crippen LogP contribution in [0.3, 0.4) is 0 Å². The molecule has 0 bridgehead atoms. The highest BCUT2D eigenvalue weighted by atomic mass is 16.4. The van der Waals surface area contributed by atoms with Crippen molar-refractivity contribution in [1.29, 1.82) is 0 Å². The molecule has 0 spiro atoms. The first-order chi connectivity index (χ1) is 9.41. The monoisotopic (exact) mass is 279 g/mol. The molecule has 0 aromatic carbocycles. The zero-order valence-corrected chi connectivity index (χ0v) is 12.0. The number of carboxylic acid groups (broad SMARTS) is 1. The SMILES string of the molecule is CCC1CC2C(=O)N(C(C)(C(=O)O)C3CC3)C(=O)C2C1. The van der Waals surface area contributed by atoms with Crippen molar-refractivity contribution >= 4 is 17.8 Å². The zero-order valence-electron chi connectivity index (χ0n) is 12.0. The molecular formula is C15H21NO4. The third kappa shape index (κ3) is 1.64. The molecule has 3 unspecified atom stereocenters. The van der Waals surface area contributed by atoms with Crippen LogP contribution in [0.4, 0.5) is 0 Å². The molecule has 3 aliphatic rings. The van der Waals surface area contributed by atoms with E-state index < -0.39 is 11.5 Å². The topological polar surface area (TPSA) is 74.7 Å². The van der Waals surface area contributed by atoms with E-state index >= 15 is 0 Å². The van der Waals surface area contributed by atoms with Crippen molar-refractivity contribution in [3.63, 3.8) is 0 Å². The molecule has 0 aromatic heterocycles. The molecule has 1 N–H and O–H groups in total. The number of carbonyl (C=O) groups is 3. The summed E-state index contributed by atoms with van der Waals surface area (Å²) >= 11 is 0. The Morgan fingerprint density at radius 1 is 1.25 bits per heavy atom. The number of hydrogen-bond donors (Lipinski definition) is 1. The molecule has 5 nitrogen and oxygen atoms in total. The van der Waals surface area contributed by atoms with Crippen LogP contribution in [-0.4, -0.2) is 33.3 Å². The summed E-state index contributed by atoms with van der Waals surface area (Å²) < 4.78 is 0. The summed E-state index contributed by atoms with van der Waals surface area (Å²) in [5.41, 5.74) is -1.33. The van der Waals surface area contributed by atoms with Crippen LogP contribution in [0, 0.1) is 23.7 Å². The summed E-state index contributed by atoms with van der Waals surface area (Å²) in [5.74, 6) is -1.73. The highest BCUT2D eigenvalue weighted by molar-refractivity contribution is 6.09. The van der Waals surface area contributed by atoms with Gasteiger partial charge in [-0.3, -0.25) is 14.5 Å². The van der Waals surface area contributed by atoms with Crippen LogP contribution in [0.15, 0.2) is 0 Å². The molecular weight excluding hydrogens is 258 g/mol. The van der Waals surface area contributed by atoms with Gasteiger partial charge in [0.05, 0.1) is 11.8 Å². The second-order valence-electron chi connectivity index (χ2n) is 6.70. The van der Waals surface area contributed by atoms with E-state index in [9.17, 15) is 19.5 Å². The van der Waals surface area contributed by atoms with Crippen LogP contribution < -0.4 is 0 Å². The minimum atomic E-state index is -1.33. The van der Waals surface area contributed by atoms with E-state index in [4.69, 9.17) is 0 Å². The first-order valence-electron chi connectivity index (χ1n) is 7.52. The van der Waals surface area contributed by atoms with Crippen LogP contribution >= 0.6 is 0 Å². The lowest BCUT2D eigenvalue weighted by Crippen LogP contribution is -2.57. The lowest BCUT2D eigenvalue weighted by atomic mass is 9.92. The molecule has 110 valence electrons. The highest BCUT2D eigenvalue weighted by Gasteiger charge is 2.63. The molecule has 1 saturated heterocycles. The number of fused-ring (bicyclic) bond motifs is 1. The second kappa shape index (κ2) is 4.30. The van der Waals surface area contributed by atoms with Gasteiger partial charge in [0, 0.05) is 0 Å². The van der Waals surface area contributed by atoms with E-state index in [1.54, 1.807) is 6.92 Å². The smallest absolute Gasteiger partial charge is 0.330 e. The van der Waals surface area contributed by atoms with Gasteiger partial charge in [0.15, 0.2) is 0 Å². The van der Waals surface area contributed by atoms with Gasteiger partial charge in [-0.1, -0.05) is 13.3 Å². The summed E-state index contributed by atoms with van der Waals surface area (Å²) in [6.45, 7) is 3.62. The quantitative estimate of drug-likeness (QED) is 0.794. The van der Waals surface area contributed by atoms with Crippen molar-refractivity contribution in [1.82, 2.24) is 4.90 Å². The van der Waals surface area contributed by atoms with E-state index in [2.05, 4.69) is 6.92 Å². The standard InChI is InChI=1S/C15H21NO4/c1-3-8-6-10-11(7-8)13(18)16(12(10)17)15(2,14(19)20)9-4-5-9/h8-11H,3-7H2,1-2H3,(H,19,20). The van der Waals surface area contributed by atoms with Crippen LogP contribution in [0.2, 0.25) is 0 Å². The van der Waals surface area contributed by atoms with Crippen molar-refractivity contribution < 1.29 is 19.5 Å². The van der Waals surface area contributed by atoms with Crippen molar-refractivity contribution in [2.75, 3.05) is 0 Å². The van der Waals surface area contributed by atoms with Crippen LogP contribution in [0.25, 0.3) is 0 Å². The number of amides is 2. The third-order valence-corrected chi connectivity index (χ3v) is 5.58. The molecule has 5 heteroatoms. The van der Waals surface area contributed by atoms with Crippen molar-refractivity contribution in [2.24, 2.45) is 23.7 Å². The third-order valence-electron chi connectivity index (χ3n) is 5.58. The van der Waals surface area contributed by atoms with E-state index in [-0.39, 0.29) is 29.6 Å². The first kappa shape index (κ1) is 13.6. The van der Waals surface area contributed by atoms with E-state index in [0.29, 0.717) is 5.92 Å². The van der Waals surface area contributed by atoms with Gasteiger partial charge in [-0.25, -0.2) is 4.79 Å². The Morgan fingerprint density at radius 2 is 1.75 bits per heavy atom. The van der Waals surface area contributed by atoms with Gasteiger partial charge in [-0.15, -0.1) is 0 Å². The number of carbonyl (C=O) groups excluding carboxylic acids is 2. The van der Waals surface area contributed by atoms with Gasteiger partial charge in [-0.05, 0) is 44.4 Å². The maximum Gasteiger partial charge on any atom is 0.330 e. The molecule has 2 saturated carbocycles. The van der Waals surface area contributed by atoms with Crippen LogP contribution in [0.5, 0.6) is 0 Å². The van der Waals surface area contributed by atoms with Gasteiger partial charge >= 0.3 is 5.97 Å². The normalized spacial score (nSPS) is 36.1. The van der Waals surface area contributed by atoms with E-state index in [1.807, 2.05) is 0 Å². The average molecular weight is 279 g/mol. The molecule has 3 atom stereocenters. The van der Waals surface area contributed by atoms with Gasteiger partial charge in [0.25, 0.3) is 0 Å². The fraction of sp³-hybridized carbons (Fsp3) is 0.800. The highest BCUT2D eigenvalue weighted by Crippen LogP contribution is 2.51. The van der Waals surface area contributed by atoms with Crippen molar-refractivity contribution in [2.45, 2.75) is 51.5 Å². The summed E-state index contributed by atoms with van der Waals surface area (Å²) in [7, 11) is 0. The molecule has 3 fully saturated rings. The number of rotatable bonds is 4. The van der Waals surface area contributed by atoms with Crippen LogP contribution in [0.1, 0.15) is 46.0 Å². The predicted octanol–water partition coefficient (Wildman–Crippen LogP) is 1.66. The average Bonchev–Trinajstić information content (AvgIpc) is 3.12. The Hall–Kier alpha value is -1.39. The van der Waals surface area contributed by atoms with Gasteiger partial charge in [0.1, 0.15) is 5.54 Å². The summed E-state index contributed by atoms with van der Waals surface area (Å²) in [6.07, 6.45) is 4.02. The maximum atomic E-state index is 12.6. The molecule has 0 radical (unpaired) electrons. The number of carboxylic acids is 1. The van der Waals surface area contributed by atoms with E-state index in [1.165, 1.54) is 0 Å². The van der Waals surface area contributed by atoms with Crippen molar-refractivity contribution in [3.8, 4) is 0 Å². The molecule has 1 aliphatic heterocycles. The van der Waals surface area contributed by atoms with Crippen LogP contribution in [-0.2, 0) is 14.4 Å². The summed E-state index contributed by atoms with van der Waals surface area (Å²) in [5, 5.41) is 9.55. The number of likely N-dealkylation sites (tertiary alicyclic amines) is 1. The zero-order chi connectivity index (χ0) is 14.7. The van der Waals surface area contributed by atoms with Crippen molar-refractivity contribution in [3.05, 3.63) is 0 Å². The molecule has 20 heavy (non-hydrogen) atoms. The largest absolute Gasteiger partial charge is 0.479 e. The number of hydrogen-bond acceptors (Lipinski definition) is 3. The lowest BCUT2D eigenvalue weighted by molar-refractivity contribution is -0.164. The van der Waals surface area contributed by atoms with E-state index in [0.717, 1.165) is 37.0 Å². The summed E-state index contributed by atoms with van der Waals surface area (Å²) in [6, 6.07) is 0. The number of imide groups is 1. The fourth-order valence-corrected chi connectivity index (χ4v) is 4.02. The lowest BCUT2D eigenvalue weighted by Gasteiger charge is -2.34. The molecule has 0 aromatic rings. The van der Waals surface area contributed by atoms with Gasteiger partial charge in [0.2, 0.25) is 11.8 Å². The second-order valence-corrected chi connectivity index (χ2v) is 6.70. The Balaban J connectivity index is 1.91. The minimum absolute atomic E-state index is 0.0753. The van der Waals surface area contributed by atoms with Gasteiger partial charge in [-0.2, -0.15) is 0 Å². The predicted molar refractivity (Wildman–Crippen MR) is 70.6 cm³/mol. The fourth-order valence-electron chi connectivity index (χ4n) is 4.02. The Kier molecular flexibility index (Phi) is 2.92. The Labute approximate surface area is 118 Å². The first-order valence-corrected chi connectivity index (χ1v) is 7.52. The Morgan fingerprint density at radius 3 is 2.10 bits per heavy atom. The minimum Gasteiger partial charge on any atom is -0.479 e. The Bertz CT molecular complexity index is 460. The number of aliphatic carboxylic acids is 1. The molecule has 1 heterocycles. The summed E-state index contributed by atoms with van der Waals surface area (Å²) in [4.78, 5) is 37.9. The molecule has 3 rings (SSSR count). The maximum absolute atomic E-state index is 12.6. The van der Waals surface area contributed by atoms with Gasteiger partial charge < -0.3 is 5.11 Å².